The van der Waals surface area contributed by atoms with Crippen molar-refractivity contribution in [1.29, 1.82) is 0 Å². The zero-order valence-corrected chi connectivity index (χ0v) is 12.0. The van der Waals surface area contributed by atoms with Gasteiger partial charge in [-0.3, -0.25) is 0 Å². The van der Waals surface area contributed by atoms with Gasteiger partial charge in [-0.1, -0.05) is 12.1 Å². The summed E-state index contributed by atoms with van der Waals surface area (Å²) in [6, 6.07) is 8.15. The van der Waals surface area contributed by atoms with Gasteiger partial charge in [-0.05, 0) is 31.5 Å². The molecule has 0 fully saturated rings. The standard InChI is InChI=1S/C14H19N3OS/c1-10(2)18-12-5-3-11(4-6-12)7-16-8-13-9-17-14(15)19-13/h3-6,9-10,16H,7-8H2,1-2H3,(H2,15,17). The van der Waals surface area contributed by atoms with Crippen molar-refractivity contribution in [3.8, 4) is 5.75 Å². The predicted octanol–water partition coefficient (Wildman–Crippen LogP) is 2.80. The summed E-state index contributed by atoms with van der Waals surface area (Å²) in [5.41, 5.74) is 6.81. The summed E-state index contributed by atoms with van der Waals surface area (Å²) in [5.74, 6) is 0.911. The second-order valence-corrected chi connectivity index (χ2v) is 5.73. The third-order valence-corrected chi connectivity index (χ3v) is 3.32. The molecule has 2 aromatic rings. The molecule has 0 unspecified atom stereocenters. The van der Waals surface area contributed by atoms with Gasteiger partial charge in [0, 0.05) is 24.2 Å². The van der Waals surface area contributed by atoms with Crippen LogP contribution in [0.15, 0.2) is 30.5 Å². The minimum Gasteiger partial charge on any atom is -0.491 e. The van der Waals surface area contributed by atoms with E-state index in [1.807, 2.05) is 32.2 Å². The number of ether oxygens (including phenoxy) is 1. The van der Waals surface area contributed by atoms with E-state index in [0.29, 0.717) is 5.13 Å². The van der Waals surface area contributed by atoms with E-state index in [1.165, 1.54) is 16.9 Å². The number of hydrogen-bond donors (Lipinski definition) is 2. The van der Waals surface area contributed by atoms with Crippen LogP contribution in [0.4, 0.5) is 5.13 Å². The van der Waals surface area contributed by atoms with Gasteiger partial charge >= 0.3 is 0 Å². The van der Waals surface area contributed by atoms with Gasteiger partial charge in [0.2, 0.25) is 0 Å². The SMILES string of the molecule is CC(C)Oc1ccc(CNCc2cnc(N)s2)cc1. The summed E-state index contributed by atoms with van der Waals surface area (Å²) in [5, 5.41) is 3.98. The number of hydrogen-bond acceptors (Lipinski definition) is 5. The maximum absolute atomic E-state index is 5.60. The highest BCUT2D eigenvalue weighted by Gasteiger charge is 2.00. The second kappa shape index (κ2) is 6.54. The smallest absolute Gasteiger partial charge is 0.180 e. The Morgan fingerprint density at radius 2 is 2.00 bits per heavy atom. The molecule has 4 nitrogen and oxygen atoms in total. The quantitative estimate of drug-likeness (QED) is 0.852. The molecule has 0 saturated heterocycles. The van der Waals surface area contributed by atoms with Gasteiger partial charge < -0.3 is 15.8 Å². The van der Waals surface area contributed by atoms with E-state index in [4.69, 9.17) is 10.5 Å². The van der Waals surface area contributed by atoms with Gasteiger partial charge in [0.1, 0.15) is 5.75 Å². The Kier molecular flexibility index (Phi) is 4.76. The molecule has 0 radical (unpaired) electrons. The number of aromatic nitrogens is 1. The molecular weight excluding hydrogens is 258 g/mol. The maximum atomic E-state index is 5.60. The van der Waals surface area contributed by atoms with Crippen LogP contribution in [-0.4, -0.2) is 11.1 Å². The minimum atomic E-state index is 0.209. The Morgan fingerprint density at radius 3 is 2.58 bits per heavy atom. The number of anilines is 1. The van der Waals surface area contributed by atoms with Crippen molar-refractivity contribution < 1.29 is 4.74 Å². The number of nitrogens with two attached hydrogens (primary N) is 1. The molecule has 0 aliphatic carbocycles. The minimum absolute atomic E-state index is 0.209. The van der Waals surface area contributed by atoms with E-state index in [1.54, 1.807) is 0 Å². The van der Waals surface area contributed by atoms with Gasteiger partial charge in [-0.25, -0.2) is 4.98 Å². The summed E-state index contributed by atoms with van der Waals surface area (Å²) < 4.78 is 5.60. The average molecular weight is 277 g/mol. The Balaban J connectivity index is 1.79. The van der Waals surface area contributed by atoms with E-state index in [9.17, 15) is 0 Å². The van der Waals surface area contributed by atoms with E-state index < -0.39 is 0 Å². The largest absolute Gasteiger partial charge is 0.491 e. The molecule has 5 heteroatoms. The van der Waals surface area contributed by atoms with Crippen LogP contribution in [0.25, 0.3) is 0 Å². The first-order valence-electron chi connectivity index (χ1n) is 6.30. The van der Waals surface area contributed by atoms with Crippen LogP contribution in [-0.2, 0) is 13.1 Å². The van der Waals surface area contributed by atoms with E-state index in [0.717, 1.165) is 23.7 Å². The highest BCUT2D eigenvalue weighted by molar-refractivity contribution is 7.15. The first-order chi connectivity index (χ1) is 9.13. The molecule has 1 aromatic heterocycles. The molecule has 0 amide bonds. The Hall–Kier alpha value is -1.59. The first-order valence-corrected chi connectivity index (χ1v) is 7.11. The molecule has 19 heavy (non-hydrogen) atoms. The van der Waals surface area contributed by atoms with Gasteiger partial charge in [0.25, 0.3) is 0 Å². The van der Waals surface area contributed by atoms with Crippen molar-refractivity contribution in [2.45, 2.75) is 33.0 Å². The predicted molar refractivity (Wildman–Crippen MR) is 79.3 cm³/mol. The summed E-state index contributed by atoms with van der Waals surface area (Å²) in [4.78, 5) is 5.17. The fraction of sp³-hybridized carbons (Fsp3) is 0.357. The molecule has 0 bridgehead atoms. The van der Waals surface area contributed by atoms with Crippen LogP contribution in [0, 0.1) is 0 Å². The van der Waals surface area contributed by atoms with Gasteiger partial charge in [-0.15, -0.1) is 11.3 Å². The van der Waals surface area contributed by atoms with Crippen molar-refractivity contribution in [3.63, 3.8) is 0 Å². The lowest BCUT2D eigenvalue weighted by molar-refractivity contribution is 0.242. The van der Waals surface area contributed by atoms with E-state index in [-0.39, 0.29) is 6.10 Å². The maximum Gasteiger partial charge on any atom is 0.180 e. The highest BCUT2D eigenvalue weighted by Crippen LogP contribution is 2.15. The lowest BCUT2D eigenvalue weighted by Gasteiger charge is -2.10. The molecular formula is C14H19N3OS. The third kappa shape index (κ3) is 4.54. The number of nitrogens with zero attached hydrogens (tertiary/aromatic N) is 1. The van der Waals surface area contributed by atoms with Crippen LogP contribution in [0.3, 0.4) is 0 Å². The van der Waals surface area contributed by atoms with Crippen LogP contribution in [0.1, 0.15) is 24.3 Å². The lowest BCUT2D eigenvalue weighted by Crippen LogP contribution is -2.11. The Bertz CT molecular complexity index is 508. The molecule has 0 saturated carbocycles. The molecule has 1 heterocycles. The topological polar surface area (TPSA) is 60.2 Å². The average Bonchev–Trinajstić information content (AvgIpc) is 2.77. The van der Waals surface area contributed by atoms with E-state index >= 15 is 0 Å². The normalized spacial score (nSPS) is 10.9. The first kappa shape index (κ1) is 13.8. The zero-order valence-electron chi connectivity index (χ0n) is 11.2. The Labute approximate surface area is 117 Å². The molecule has 3 N–H and O–H groups in total. The number of nitrogens with one attached hydrogen (secondary N) is 1. The third-order valence-electron chi connectivity index (χ3n) is 2.49. The number of thiazole rings is 1. The van der Waals surface area contributed by atoms with Crippen molar-refractivity contribution in [1.82, 2.24) is 10.3 Å². The van der Waals surface area contributed by atoms with Gasteiger partial charge in [0.15, 0.2) is 5.13 Å². The number of benzene rings is 1. The van der Waals surface area contributed by atoms with Crippen molar-refractivity contribution in [2.75, 3.05) is 5.73 Å². The Morgan fingerprint density at radius 1 is 1.26 bits per heavy atom. The molecule has 1 aromatic carbocycles. The van der Waals surface area contributed by atoms with Crippen molar-refractivity contribution >= 4 is 16.5 Å². The molecule has 0 atom stereocenters. The molecule has 0 aliphatic rings. The molecule has 2 rings (SSSR count). The van der Waals surface area contributed by atoms with Crippen molar-refractivity contribution in [2.24, 2.45) is 0 Å². The molecule has 0 spiro atoms. The molecule has 102 valence electrons. The molecule has 0 aliphatic heterocycles. The highest BCUT2D eigenvalue weighted by atomic mass is 32.1. The fourth-order valence-corrected chi connectivity index (χ4v) is 2.35. The van der Waals surface area contributed by atoms with Crippen LogP contribution >= 0.6 is 11.3 Å². The fourth-order valence-electron chi connectivity index (χ4n) is 1.69. The summed E-state index contributed by atoms with van der Waals surface area (Å²) in [6.45, 7) is 5.66. The summed E-state index contributed by atoms with van der Waals surface area (Å²) in [7, 11) is 0. The van der Waals surface area contributed by atoms with Gasteiger partial charge in [-0.2, -0.15) is 0 Å². The van der Waals surface area contributed by atoms with Crippen LogP contribution < -0.4 is 15.8 Å². The van der Waals surface area contributed by atoms with Crippen LogP contribution in [0.5, 0.6) is 5.75 Å². The monoisotopic (exact) mass is 277 g/mol. The van der Waals surface area contributed by atoms with Gasteiger partial charge in [0.05, 0.1) is 6.10 Å². The lowest BCUT2D eigenvalue weighted by atomic mass is 10.2. The number of nitrogen functional groups attached to an aromatic ring is 1. The van der Waals surface area contributed by atoms with E-state index in [2.05, 4.69) is 22.4 Å². The van der Waals surface area contributed by atoms with Crippen LogP contribution in [0.2, 0.25) is 0 Å². The second-order valence-electron chi connectivity index (χ2n) is 4.58. The zero-order chi connectivity index (χ0) is 13.7. The summed E-state index contributed by atoms with van der Waals surface area (Å²) >= 11 is 1.52. The number of rotatable bonds is 6. The summed E-state index contributed by atoms with van der Waals surface area (Å²) in [6.07, 6.45) is 2.02. The van der Waals surface area contributed by atoms with Crippen molar-refractivity contribution in [3.05, 3.63) is 40.9 Å².